The van der Waals surface area contributed by atoms with Crippen molar-refractivity contribution in [3.8, 4) is 17.0 Å². The largest absolute Gasteiger partial charge is 0.497 e. The Morgan fingerprint density at radius 2 is 1.96 bits per heavy atom. The van der Waals surface area contributed by atoms with Crippen LogP contribution in [0.5, 0.6) is 5.75 Å². The molecule has 3 aromatic heterocycles. The lowest BCUT2D eigenvalue weighted by Crippen LogP contribution is -2.26. The molecule has 1 N–H and O–H groups in total. The number of nitrogens with zero attached hydrogens (tertiary/aromatic N) is 5. The molecule has 1 amide bonds. The van der Waals surface area contributed by atoms with Crippen molar-refractivity contribution >= 4 is 11.6 Å². The Morgan fingerprint density at radius 3 is 2.74 bits per heavy atom. The number of amides is 1. The fraction of sp³-hybridized carbons (Fsp3) is 0.158. The molecule has 8 heteroatoms. The van der Waals surface area contributed by atoms with Gasteiger partial charge in [0.05, 0.1) is 19.3 Å². The van der Waals surface area contributed by atoms with Crippen LogP contribution in [0.3, 0.4) is 0 Å². The highest BCUT2D eigenvalue weighted by molar-refractivity contribution is 5.93. The molecule has 0 aliphatic heterocycles. The standard InChI is InChI=1S/C19H18N6O2/c1-24-16(11-15(23-24)13-6-8-14(27-2)9-7-13)19(26)20-12-18-22-21-17-5-3-4-10-25(17)18/h3-11H,12H2,1-2H3,(H,20,26). The van der Waals surface area contributed by atoms with Gasteiger partial charge in [-0.25, -0.2) is 0 Å². The van der Waals surface area contributed by atoms with Crippen molar-refractivity contribution in [1.29, 1.82) is 0 Å². The van der Waals surface area contributed by atoms with E-state index in [1.54, 1.807) is 24.9 Å². The lowest BCUT2D eigenvalue weighted by Gasteiger charge is -2.04. The number of aromatic nitrogens is 5. The number of nitrogens with one attached hydrogen (secondary N) is 1. The van der Waals surface area contributed by atoms with Crippen molar-refractivity contribution in [2.45, 2.75) is 6.54 Å². The summed E-state index contributed by atoms with van der Waals surface area (Å²) in [6.45, 7) is 0.271. The normalized spacial score (nSPS) is 10.9. The van der Waals surface area contributed by atoms with Crippen LogP contribution in [-0.2, 0) is 13.6 Å². The number of pyridine rings is 1. The Morgan fingerprint density at radius 1 is 1.15 bits per heavy atom. The molecule has 0 saturated heterocycles. The Bertz CT molecular complexity index is 1100. The van der Waals surface area contributed by atoms with Gasteiger partial charge in [-0.1, -0.05) is 6.07 Å². The summed E-state index contributed by atoms with van der Waals surface area (Å²) in [5.74, 6) is 1.21. The highest BCUT2D eigenvalue weighted by Gasteiger charge is 2.15. The quantitative estimate of drug-likeness (QED) is 0.587. The Balaban J connectivity index is 1.51. The molecule has 0 unspecified atom stereocenters. The number of aryl methyl sites for hydroxylation is 1. The minimum absolute atomic E-state index is 0.225. The summed E-state index contributed by atoms with van der Waals surface area (Å²) in [5.41, 5.74) is 2.84. The molecule has 0 radical (unpaired) electrons. The number of fused-ring (bicyclic) bond motifs is 1. The topological polar surface area (TPSA) is 86.3 Å². The average Bonchev–Trinajstić information content (AvgIpc) is 3.30. The predicted octanol–water partition coefficient (Wildman–Crippen LogP) is 2.07. The summed E-state index contributed by atoms with van der Waals surface area (Å²) < 4.78 is 8.57. The van der Waals surface area contributed by atoms with E-state index in [2.05, 4.69) is 20.6 Å². The van der Waals surface area contributed by atoms with Crippen LogP contribution in [0, 0.1) is 0 Å². The third kappa shape index (κ3) is 3.24. The number of hydrogen-bond acceptors (Lipinski definition) is 5. The summed E-state index contributed by atoms with van der Waals surface area (Å²) in [4.78, 5) is 12.6. The number of methoxy groups -OCH3 is 1. The van der Waals surface area contributed by atoms with Crippen molar-refractivity contribution in [3.05, 3.63) is 66.2 Å². The summed E-state index contributed by atoms with van der Waals surface area (Å²) in [7, 11) is 3.37. The van der Waals surface area contributed by atoms with E-state index in [0.29, 0.717) is 11.5 Å². The maximum absolute atomic E-state index is 12.6. The van der Waals surface area contributed by atoms with Crippen molar-refractivity contribution < 1.29 is 9.53 Å². The van der Waals surface area contributed by atoms with Crippen LogP contribution >= 0.6 is 0 Å². The summed E-state index contributed by atoms with van der Waals surface area (Å²) in [6.07, 6.45) is 1.86. The average molecular weight is 362 g/mol. The molecule has 0 spiro atoms. The van der Waals surface area contributed by atoms with Gasteiger partial charge in [-0.15, -0.1) is 10.2 Å². The van der Waals surface area contributed by atoms with E-state index in [9.17, 15) is 4.79 Å². The molecular weight excluding hydrogens is 344 g/mol. The zero-order valence-electron chi connectivity index (χ0n) is 15.0. The van der Waals surface area contributed by atoms with E-state index in [1.807, 2.05) is 53.1 Å². The molecule has 1 aromatic carbocycles. The Hall–Kier alpha value is -3.68. The minimum atomic E-state index is -0.225. The number of rotatable bonds is 5. The van der Waals surface area contributed by atoms with E-state index in [-0.39, 0.29) is 12.5 Å². The lowest BCUT2D eigenvalue weighted by molar-refractivity contribution is 0.0940. The smallest absolute Gasteiger partial charge is 0.269 e. The second-order valence-electron chi connectivity index (χ2n) is 5.99. The van der Waals surface area contributed by atoms with Gasteiger partial charge in [-0.2, -0.15) is 5.10 Å². The van der Waals surface area contributed by atoms with E-state index in [1.165, 1.54) is 0 Å². The zero-order chi connectivity index (χ0) is 18.8. The van der Waals surface area contributed by atoms with E-state index in [4.69, 9.17) is 4.74 Å². The van der Waals surface area contributed by atoms with Crippen molar-refractivity contribution in [2.24, 2.45) is 7.05 Å². The van der Waals surface area contributed by atoms with Crippen molar-refractivity contribution in [3.63, 3.8) is 0 Å². The van der Waals surface area contributed by atoms with Gasteiger partial charge in [0.2, 0.25) is 0 Å². The SMILES string of the molecule is COc1ccc(-c2cc(C(=O)NCc3nnc4ccccn34)n(C)n2)cc1. The molecule has 0 atom stereocenters. The first-order chi connectivity index (χ1) is 13.2. The number of carbonyl (C=O) groups excluding carboxylic acids is 1. The third-order valence-corrected chi connectivity index (χ3v) is 4.29. The number of carbonyl (C=O) groups is 1. The van der Waals surface area contributed by atoms with Crippen LogP contribution in [-0.4, -0.2) is 37.4 Å². The first kappa shape index (κ1) is 16.8. The number of hydrogen-bond donors (Lipinski definition) is 1. The van der Waals surface area contributed by atoms with Crippen LogP contribution in [0.1, 0.15) is 16.3 Å². The molecule has 3 heterocycles. The minimum Gasteiger partial charge on any atom is -0.497 e. The highest BCUT2D eigenvalue weighted by Crippen LogP contribution is 2.22. The van der Waals surface area contributed by atoms with Crippen LogP contribution in [0.2, 0.25) is 0 Å². The first-order valence-electron chi connectivity index (χ1n) is 8.41. The molecule has 136 valence electrons. The molecule has 4 rings (SSSR count). The van der Waals surface area contributed by atoms with Gasteiger partial charge < -0.3 is 10.1 Å². The van der Waals surface area contributed by atoms with Crippen LogP contribution in [0.15, 0.2) is 54.7 Å². The van der Waals surface area contributed by atoms with Crippen LogP contribution in [0.25, 0.3) is 16.9 Å². The van der Waals surface area contributed by atoms with Gasteiger partial charge in [0, 0.05) is 18.8 Å². The van der Waals surface area contributed by atoms with Crippen LogP contribution in [0.4, 0.5) is 0 Å². The molecule has 27 heavy (non-hydrogen) atoms. The lowest BCUT2D eigenvalue weighted by atomic mass is 10.1. The summed E-state index contributed by atoms with van der Waals surface area (Å²) in [5, 5.41) is 15.5. The van der Waals surface area contributed by atoms with Crippen molar-refractivity contribution in [1.82, 2.24) is 29.7 Å². The molecule has 0 bridgehead atoms. The molecule has 8 nitrogen and oxygen atoms in total. The van der Waals surface area contributed by atoms with Gasteiger partial charge in [-0.05, 0) is 42.5 Å². The van der Waals surface area contributed by atoms with Gasteiger partial charge in [0.15, 0.2) is 11.5 Å². The van der Waals surface area contributed by atoms with E-state index < -0.39 is 0 Å². The molecule has 0 aliphatic carbocycles. The first-order valence-corrected chi connectivity index (χ1v) is 8.41. The molecular formula is C19H18N6O2. The monoisotopic (exact) mass is 362 g/mol. The third-order valence-electron chi connectivity index (χ3n) is 4.29. The van der Waals surface area contributed by atoms with Crippen molar-refractivity contribution in [2.75, 3.05) is 7.11 Å². The van der Waals surface area contributed by atoms with Gasteiger partial charge in [0.1, 0.15) is 11.4 Å². The molecule has 0 saturated carbocycles. The number of benzene rings is 1. The number of ether oxygens (including phenoxy) is 1. The second-order valence-corrected chi connectivity index (χ2v) is 5.99. The maximum atomic E-state index is 12.6. The molecule has 0 fully saturated rings. The van der Waals surface area contributed by atoms with Gasteiger partial charge in [0.25, 0.3) is 5.91 Å². The highest BCUT2D eigenvalue weighted by atomic mass is 16.5. The fourth-order valence-corrected chi connectivity index (χ4v) is 2.84. The second kappa shape index (κ2) is 6.91. The predicted molar refractivity (Wildman–Crippen MR) is 99.4 cm³/mol. The Labute approximate surface area is 155 Å². The summed E-state index contributed by atoms with van der Waals surface area (Å²) in [6, 6.07) is 14.9. The zero-order valence-corrected chi connectivity index (χ0v) is 15.0. The summed E-state index contributed by atoms with van der Waals surface area (Å²) >= 11 is 0. The molecule has 4 aromatic rings. The van der Waals surface area contributed by atoms with Gasteiger partial charge in [-0.3, -0.25) is 13.9 Å². The van der Waals surface area contributed by atoms with E-state index in [0.717, 1.165) is 22.7 Å². The fourth-order valence-electron chi connectivity index (χ4n) is 2.84. The van der Waals surface area contributed by atoms with Crippen LogP contribution < -0.4 is 10.1 Å². The van der Waals surface area contributed by atoms with Gasteiger partial charge >= 0.3 is 0 Å². The maximum Gasteiger partial charge on any atom is 0.269 e. The Kier molecular flexibility index (Phi) is 4.29. The van der Waals surface area contributed by atoms with E-state index >= 15 is 0 Å². The molecule has 0 aliphatic rings.